The quantitative estimate of drug-likeness (QED) is 0.864. The molecule has 4 atom stereocenters. The predicted octanol–water partition coefficient (Wildman–Crippen LogP) is 3.08. The molecule has 1 N–H and O–H groups in total. The Bertz CT molecular complexity index is 451. The zero-order valence-electron chi connectivity index (χ0n) is 13.2. The van der Waals surface area contributed by atoms with Crippen LogP contribution in [0.5, 0.6) is 0 Å². The maximum atomic E-state index is 4.51. The Kier molecular flexibility index (Phi) is 4.16. The highest BCUT2D eigenvalue weighted by Gasteiger charge is 2.42. The van der Waals surface area contributed by atoms with Gasteiger partial charge in [-0.15, -0.1) is 0 Å². The molecule has 0 amide bonds. The Morgan fingerprint density at radius 2 is 2.25 bits per heavy atom. The normalized spacial score (nSPS) is 30.1. The standard InChI is InChI=1S/C17H29N3/c1-4-7-18-17(11-15-8-12(2)19-20(15)3)16-10-13-5-6-14(16)9-13/h8,13-14,16-18H,4-7,9-11H2,1-3H3. The summed E-state index contributed by atoms with van der Waals surface area (Å²) >= 11 is 0. The van der Waals surface area contributed by atoms with Crippen LogP contribution in [0.25, 0.3) is 0 Å². The molecule has 3 heteroatoms. The maximum absolute atomic E-state index is 4.51. The number of fused-ring (bicyclic) bond motifs is 2. The molecule has 2 bridgehead atoms. The minimum atomic E-state index is 0.653. The van der Waals surface area contributed by atoms with E-state index in [2.05, 4.69) is 42.1 Å². The number of rotatable bonds is 6. The molecule has 20 heavy (non-hydrogen) atoms. The maximum Gasteiger partial charge on any atom is 0.0596 e. The summed E-state index contributed by atoms with van der Waals surface area (Å²) in [6.07, 6.45) is 8.30. The monoisotopic (exact) mass is 275 g/mol. The van der Waals surface area contributed by atoms with Crippen LogP contribution in [0, 0.1) is 24.7 Å². The Morgan fingerprint density at radius 3 is 2.80 bits per heavy atom. The molecule has 2 aliphatic carbocycles. The van der Waals surface area contributed by atoms with E-state index >= 15 is 0 Å². The van der Waals surface area contributed by atoms with Crippen molar-refractivity contribution in [1.82, 2.24) is 15.1 Å². The number of hydrogen-bond donors (Lipinski definition) is 1. The molecule has 0 spiro atoms. The second-order valence-electron chi connectivity index (χ2n) is 7.00. The highest BCUT2D eigenvalue weighted by atomic mass is 15.3. The molecule has 112 valence electrons. The van der Waals surface area contributed by atoms with Gasteiger partial charge in [-0.3, -0.25) is 4.68 Å². The largest absolute Gasteiger partial charge is 0.313 e. The molecule has 0 aliphatic heterocycles. The smallest absolute Gasteiger partial charge is 0.0596 e. The first-order valence-electron chi connectivity index (χ1n) is 8.40. The van der Waals surface area contributed by atoms with E-state index in [0.29, 0.717) is 6.04 Å². The van der Waals surface area contributed by atoms with Crippen LogP contribution in [0.2, 0.25) is 0 Å². The van der Waals surface area contributed by atoms with Crippen LogP contribution in [0.3, 0.4) is 0 Å². The zero-order chi connectivity index (χ0) is 14.1. The molecule has 4 unspecified atom stereocenters. The molecule has 2 fully saturated rings. The van der Waals surface area contributed by atoms with Crippen LogP contribution in [0.4, 0.5) is 0 Å². The Balaban J connectivity index is 1.71. The lowest BCUT2D eigenvalue weighted by Crippen LogP contribution is -2.41. The highest BCUT2D eigenvalue weighted by Crippen LogP contribution is 2.49. The topological polar surface area (TPSA) is 29.9 Å². The van der Waals surface area contributed by atoms with Gasteiger partial charge < -0.3 is 5.32 Å². The van der Waals surface area contributed by atoms with Crippen molar-refractivity contribution in [3.05, 3.63) is 17.5 Å². The highest BCUT2D eigenvalue weighted by molar-refractivity contribution is 5.11. The van der Waals surface area contributed by atoms with Crippen molar-refractivity contribution in [1.29, 1.82) is 0 Å². The van der Waals surface area contributed by atoms with E-state index < -0.39 is 0 Å². The van der Waals surface area contributed by atoms with E-state index in [0.717, 1.165) is 36.4 Å². The minimum absolute atomic E-state index is 0.653. The summed E-state index contributed by atoms with van der Waals surface area (Å²) in [6, 6.07) is 2.91. The third-order valence-electron chi connectivity index (χ3n) is 5.49. The van der Waals surface area contributed by atoms with Crippen molar-refractivity contribution in [2.24, 2.45) is 24.8 Å². The second-order valence-corrected chi connectivity index (χ2v) is 7.00. The summed E-state index contributed by atoms with van der Waals surface area (Å²) in [6.45, 7) is 5.50. The van der Waals surface area contributed by atoms with E-state index in [1.807, 2.05) is 0 Å². The van der Waals surface area contributed by atoms with E-state index in [-0.39, 0.29) is 0 Å². The van der Waals surface area contributed by atoms with Crippen molar-refractivity contribution >= 4 is 0 Å². The van der Waals surface area contributed by atoms with Crippen LogP contribution >= 0.6 is 0 Å². The number of aromatic nitrogens is 2. The van der Waals surface area contributed by atoms with Gasteiger partial charge in [-0.05, 0) is 63.0 Å². The minimum Gasteiger partial charge on any atom is -0.313 e. The summed E-state index contributed by atoms with van der Waals surface area (Å²) in [5.41, 5.74) is 2.53. The van der Waals surface area contributed by atoms with Crippen molar-refractivity contribution in [2.75, 3.05) is 6.54 Å². The van der Waals surface area contributed by atoms with Crippen molar-refractivity contribution in [3.63, 3.8) is 0 Å². The summed E-state index contributed by atoms with van der Waals surface area (Å²) in [4.78, 5) is 0. The van der Waals surface area contributed by atoms with Gasteiger partial charge >= 0.3 is 0 Å². The summed E-state index contributed by atoms with van der Waals surface area (Å²) < 4.78 is 2.07. The number of hydrogen-bond acceptors (Lipinski definition) is 2. The summed E-state index contributed by atoms with van der Waals surface area (Å²) in [5.74, 6) is 2.92. The molecule has 0 radical (unpaired) electrons. The molecule has 2 saturated carbocycles. The lowest BCUT2D eigenvalue weighted by Gasteiger charge is -2.31. The van der Waals surface area contributed by atoms with E-state index in [1.54, 1.807) is 0 Å². The molecule has 2 aliphatic rings. The van der Waals surface area contributed by atoms with Crippen LogP contribution in [-0.2, 0) is 13.5 Å². The SMILES string of the molecule is CCCNC(Cc1cc(C)nn1C)C1CC2CCC1C2. The molecule has 0 saturated heterocycles. The predicted molar refractivity (Wildman–Crippen MR) is 82.7 cm³/mol. The Labute approximate surface area is 123 Å². The molecule has 3 rings (SSSR count). The molecule has 1 aromatic rings. The van der Waals surface area contributed by atoms with Crippen molar-refractivity contribution in [2.45, 2.75) is 58.4 Å². The summed E-state index contributed by atoms with van der Waals surface area (Å²) in [7, 11) is 2.08. The molecular weight excluding hydrogens is 246 g/mol. The summed E-state index contributed by atoms with van der Waals surface area (Å²) in [5, 5.41) is 8.35. The fourth-order valence-electron chi connectivity index (χ4n) is 4.57. The average molecular weight is 275 g/mol. The number of nitrogens with zero attached hydrogens (tertiary/aromatic N) is 2. The lowest BCUT2D eigenvalue weighted by atomic mass is 9.81. The second kappa shape index (κ2) is 5.88. The average Bonchev–Trinajstić information content (AvgIpc) is 3.10. The van der Waals surface area contributed by atoms with Gasteiger partial charge in [0.25, 0.3) is 0 Å². The van der Waals surface area contributed by atoms with Gasteiger partial charge in [0.2, 0.25) is 0 Å². The Hall–Kier alpha value is -0.830. The fraction of sp³-hybridized carbons (Fsp3) is 0.824. The van der Waals surface area contributed by atoms with Gasteiger partial charge in [0, 0.05) is 25.2 Å². The fourth-order valence-corrected chi connectivity index (χ4v) is 4.57. The number of aryl methyl sites for hydroxylation is 2. The third-order valence-corrected chi connectivity index (χ3v) is 5.49. The first-order chi connectivity index (χ1) is 9.67. The number of nitrogens with one attached hydrogen (secondary N) is 1. The van der Waals surface area contributed by atoms with Gasteiger partial charge in [-0.25, -0.2) is 0 Å². The van der Waals surface area contributed by atoms with Crippen LogP contribution in [0.15, 0.2) is 6.07 Å². The molecule has 3 nitrogen and oxygen atoms in total. The van der Waals surface area contributed by atoms with Crippen LogP contribution in [0.1, 0.15) is 50.4 Å². The van der Waals surface area contributed by atoms with Crippen LogP contribution in [-0.4, -0.2) is 22.4 Å². The lowest BCUT2D eigenvalue weighted by molar-refractivity contribution is 0.244. The van der Waals surface area contributed by atoms with E-state index in [4.69, 9.17) is 0 Å². The van der Waals surface area contributed by atoms with E-state index in [9.17, 15) is 0 Å². The van der Waals surface area contributed by atoms with Crippen molar-refractivity contribution < 1.29 is 0 Å². The molecule has 1 aromatic heterocycles. The third kappa shape index (κ3) is 2.78. The van der Waals surface area contributed by atoms with Gasteiger partial charge in [0.15, 0.2) is 0 Å². The molecule has 0 aromatic carbocycles. The van der Waals surface area contributed by atoms with Gasteiger partial charge in [-0.2, -0.15) is 5.10 Å². The van der Waals surface area contributed by atoms with E-state index in [1.165, 1.54) is 37.8 Å². The van der Waals surface area contributed by atoms with Crippen LogP contribution < -0.4 is 5.32 Å². The zero-order valence-corrected chi connectivity index (χ0v) is 13.2. The molecule has 1 heterocycles. The van der Waals surface area contributed by atoms with Gasteiger partial charge in [-0.1, -0.05) is 13.3 Å². The van der Waals surface area contributed by atoms with Crippen molar-refractivity contribution in [3.8, 4) is 0 Å². The Morgan fingerprint density at radius 1 is 1.40 bits per heavy atom. The first-order valence-corrected chi connectivity index (χ1v) is 8.40. The first kappa shape index (κ1) is 14.1. The van der Waals surface area contributed by atoms with Gasteiger partial charge in [0.1, 0.15) is 0 Å². The molecular formula is C17H29N3. The van der Waals surface area contributed by atoms with Gasteiger partial charge in [0.05, 0.1) is 5.69 Å².